The molecule has 0 radical (unpaired) electrons. The first-order chi connectivity index (χ1) is 23.6. The molecule has 7 rings (SSSR count). The Morgan fingerprint density at radius 1 is 1.35 bits per heavy atom. The second kappa shape index (κ2) is 13.0. The first-order valence-electron chi connectivity index (χ1n) is 16.6. The van der Waals surface area contributed by atoms with Gasteiger partial charge >= 0.3 is 6.01 Å². The maximum Gasteiger partial charge on any atom is 0.319 e. The molecule has 1 aromatic carbocycles. The van der Waals surface area contributed by atoms with E-state index >= 15 is 0 Å². The van der Waals surface area contributed by atoms with Crippen LogP contribution in [-0.4, -0.2) is 87.2 Å². The number of fused-ring (bicyclic) bond motifs is 3. The van der Waals surface area contributed by atoms with Gasteiger partial charge < -0.3 is 20.3 Å². The van der Waals surface area contributed by atoms with Gasteiger partial charge in [0.25, 0.3) is 0 Å². The van der Waals surface area contributed by atoms with Gasteiger partial charge in [0.05, 0.1) is 50.0 Å². The van der Waals surface area contributed by atoms with Crippen molar-refractivity contribution in [2.45, 2.75) is 69.7 Å². The molecule has 0 bridgehead atoms. The topological polar surface area (TPSA) is 105 Å². The molecule has 3 aliphatic heterocycles. The van der Waals surface area contributed by atoms with Crippen molar-refractivity contribution in [2.75, 3.05) is 43.4 Å². The number of benzene rings is 1. The van der Waals surface area contributed by atoms with Gasteiger partial charge in [0.1, 0.15) is 29.9 Å². The van der Waals surface area contributed by atoms with E-state index in [4.69, 9.17) is 43.6 Å². The molecule has 6 heterocycles. The largest absolute Gasteiger partial charge is 0.461 e. The van der Waals surface area contributed by atoms with Crippen LogP contribution < -0.4 is 15.4 Å². The number of carbonyl (C=O) groups excluding carboxylic acids is 1. The van der Waals surface area contributed by atoms with Crippen LogP contribution in [-0.2, 0) is 4.79 Å². The van der Waals surface area contributed by atoms with Crippen LogP contribution in [0.5, 0.6) is 6.01 Å². The van der Waals surface area contributed by atoms with Crippen LogP contribution in [0.25, 0.3) is 37.1 Å². The number of alkyl halides is 1. The molecule has 3 fully saturated rings. The first-order valence-corrected chi connectivity index (χ1v) is 17.8. The molecule has 4 aromatic rings. The number of nitrogen functional groups attached to an aromatic ring is 1. The lowest BCUT2D eigenvalue weighted by molar-refractivity contribution is -0.126. The van der Waals surface area contributed by atoms with Crippen molar-refractivity contribution >= 4 is 66.3 Å². The molecule has 4 atom stereocenters. The lowest BCUT2D eigenvalue weighted by Gasteiger charge is -2.35. The second-order valence-electron chi connectivity index (χ2n) is 13.0. The summed E-state index contributed by atoms with van der Waals surface area (Å²) in [6.45, 7) is 18.1. The van der Waals surface area contributed by atoms with Gasteiger partial charge in [0.15, 0.2) is 0 Å². The highest BCUT2D eigenvalue weighted by atomic mass is 35.5. The second-order valence-corrected chi connectivity index (χ2v) is 14.4. The third kappa shape index (κ3) is 5.45. The minimum Gasteiger partial charge on any atom is -0.461 e. The fourth-order valence-corrected chi connectivity index (χ4v) is 9.48. The number of ether oxygens (including phenoxy) is 1. The highest BCUT2D eigenvalue weighted by Crippen LogP contribution is 2.48. The summed E-state index contributed by atoms with van der Waals surface area (Å²) in [5.41, 5.74) is 6.99. The molecule has 0 saturated carbocycles. The molecular weight excluding hydrogens is 670 g/mol. The summed E-state index contributed by atoms with van der Waals surface area (Å²) in [5.74, 6) is -0.0472. The number of anilines is 2. The van der Waals surface area contributed by atoms with Gasteiger partial charge in [-0.3, -0.25) is 14.7 Å². The molecule has 0 aliphatic carbocycles. The summed E-state index contributed by atoms with van der Waals surface area (Å²) in [6, 6.07) is 2.81. The van der Waals surface area contributed by atoms with Crippen molar-refractivity contribution in [1.29, 1.82) is 0 Å². The number of pyridine rings is 1. The fourth-order valence-electron chi connectivity index (χ4n) is 8.25. The number of rotatable bonds is 9. The number of nitrogens with two attached hydrogens (primary N) is 1. The molecule has 3 saturated heterocycles. The number of carbonyl (C=O) groups is 1. The number of halogens is 3. The monoisotopic (exact) mass is 706 g/mol. The van der Waals surface area contributed by atoms with E-state index in [1.54, 1.807) is 12.3 Å². The van der Waals surface area contributed by atoms with Gasteiger partial charge in [0.2, 0.25) is 11.6 Å². The average molecular weight is 707 g/mol. The van der Waals surface area contributed by atoms with Crippen LogP contribution in [0.3, 0.4) is 0 Å². The van der Waals surface area contributed by atoms with Crippen LogP contribution in [0, 0.1) is 12.4 Å². The summed E-state index contributed by atoms with van der Waals surface area (Å²) in [5, 5.41) is 1.31. The van der Waals surface area contributed by atoms with E-state index in [2.05, 4.69) is 28.1 Å². The predicted octanol–water partition coefficient (Wildman–Crippen LogP) is 7.18. The van der Waals surface area contributed by atoms with E-state index in [-0.39, 0.29) is 51.0 Å². The Labute approximate surface area is 292 Å². The summed E-state index contributed by atoms with van der Waals surface area (Å²) < 4.78 is 36.2. The van der Waals surface area contributed by atoms with Crippen LogP contribution >= 0.6 is 22.9 Å². The highest BCUT2D eigenvalue weighted by Gasteiger charge is 2.49. The first kappa shape index (κ1) is 33.4. The normalized spacial score (nSPS) is 23.7. The lowest BCUT2D eigenvalue weighted by atomic mass is 9.95. The summed E-state index contributed by atoms with van der Waals surface area (Å²) in [6.07, 6.45) is 5.71. The molecule has 256 valence electrons. The SMILES string of the molecule is [C-]#[N+]c1c(N)sc2c(F)ccc(-c3ncc4c(N(CC)[C@@H]5CCN(C(=O)C=C)[C@@H]5CC)nc(OC[C@@]56CCCN5C[C@H](F)C6)nc4c3Cl)c12. The predicted molar refractivity (Wildman–Crippen MR) is 190 cm³/mol. The van der Waals surface area contributed by atoms with E-state index in [0.717, 1.165) is 43.6 Å². The molecule has 0 unspecified atom stereocenters. The van der Waals surface area contributed by atoms with Gasteiger partial charge in [-0.15, -0.1) is 11.3 Å². The molecule has 0 spiro atoms. The molecule has 10 nitrogen and oxygen atoms in total. The van der Waals surface area contributed by atoms with Gasteiger partial charge in [-0.05, 0) is 51.3 Å². The quantitative estimate of drug-likeness (QED) is 0.144. The molecule has 49 heavy (non-hydrogen) atoms. The van der Waals surface area contributed by atoms with E-state index in [1.807, 2.05) is 11.8 Å². The molecular formula is C35H37ClF2N8O2S. The third-order valence-electron chi connectivity index (χ3n) is 10.4. The summed E-state index contributed by atoms with van der Waals surface area (Å²) in [4.78, 5) is 37.1. The Kier molecular flexibility index (Phi) is 8.83. The fraction of sp³-hybridized carbons (Fsp3) is 0.457. The summed E-state index contributed by atoms with van der Waals surface area (Å²) in [7, 11) is 0. The van der Waals surface area contributed by atoms with Gasteiger partial charge in [0, 0.05) is 43.2 Å². The molecule has 3 aliphatic rings. The van der Waals surface area contributed by atoms with Crippen molar-refractivity contribution in [2.24, 2.45) is 0 Å². The van der Waals surface area contributed by atoms with Gasteiger partial charge in [-0.2, -0.15) is 9.97 Å². The molecule has 14 heteroatoms. The number of likely N-dealkylation sites (N-methyl/N-ethyl adjacent to an activating group) is 1. The maximum atomic E-state index is 14.9. The third-order valence-corrected chi connectivity index (χ3v) is 11.8. The molecule has 2 N–H and O–H groups in total. The number of amides is 1. The van der Waals surface area contributed by atoms with Gasteiger partial charge in [-0.1, -0.05) is 31.2 Å². The van der Waals surface area contributed by atoms with Crippen molar-refractivity contribution in [1.82, 2.24) is 24.8 Å². The number of hydrogen-bond acceptors (Lipinski definition) is 9. The zero-order valence-corrected chi connectivity index (χ0v) is 29.0. The number of hydrogen-bond donors (Lipinski definition) is 1. The Balaban J connectivity index is 1.38. The number of thiophene rings is 1. The lowest BCUT2D eigenvalue weighted by Crippen LogP contribution is -2.47. The van der Waals surface area contributed by atoms with E-state index < -0.39 is 17.5 Å². The Morgan fingerprint density at radius 3 is 2.90 bits per heavy atom. The Morgan fingerprint density at radius 2 is 2.16 bits per heavy atom. The van der Waals surface area contributed by atoms with Crippen LogP contribution in [0.1, 0.15) is 46.0 Å². The molecule has 1 amide bonds. The Bertz CT molecular complexity index is 2020. The average Bonchev–Trinajstić information content (AvgIpc) is 3.85. The standard InChI is InChI=1S/C35H37ClF2N8O2S/c1-5-23-24(11-14-46(23)25(47)6-2)45(7-3)33-21-16-41-28(20-9-10-22(38)31-26(20)30(40-4)32(39)49-31)27(36)29(21)42-34(43-33)48-18-35-12-8-13-44(35)17-19(37)15-35/h6,9-10,16,19,23-24H,2,5,7-8,11-15,17-18,39H2,1,3H3/t19-,23-,24-,35+/m1/s1. The van der Waals surface area contributed by atoms with E-state index in [1.165, 1.54) is 12.1 Å². The van der Waals surface area contributed by atoms with Crippen LogP contribution in [0.2, 0.25) is 5.02 Å². The summed E-state index contributed by atoms with van der Waals surface area (Å²) >= 11 is 8.20. The van der Waals surface area contributed by atoms with Crippen molar-refractivity contribution in [3.8, 4) is 17.3 Å². The van der Waals surface area contributed by atoms with E-state index in [9.17, 15) is 13.6 Å². The van der Waals surface area contributed by atoms with Gasteiger partial charge in [-0.25, -0.2) is 13.6 Å². The van der Waals surface area contributed by atoms with Crippen molar-refractivity contribution in [3.63, 3.8) is 0 Å². The van der Waals surface area contributed by atoms with Crippen LogP contribution in [0.15, 0.2) is 31.0 Å². The number of nitrogens with zero attached hydrogens (tertiary/aromatic N) is 7. The number of aromatic nitrogens is 3. The molecule has 3 aromatic heterocycles. The zero-order chi connectivity index (χ0) is 34.6. The minimum absolute atomic E-state index is 0.0684. The van der Waals surface area contributed by atoms with Crippen LogP contribution in [0.4, 0.5) is 25.3 Å². The minimum atomic E-state index is -0.913. The number of likely N-dealkylation sites (tertiary alicyclic amines) is 1. The maximum absolute atomic E-state index is 14.9. The smallest absolute Gasteiger partial charge is 0.319 e. The Hall–Kier alpha value is -4.12. The highest BCUT2D eigenvalue weighted by molar-refractivity contribution is 7.23. The van der Waals surface area contributed by atoms with E-state index in [0.29, 0.717) is 59.4 Å². The van der Waals surface area contributed by atoms with Crippen molar-refractivity contribution in [3.05, 3.63) is 53.2 Å². The zero-order valence-electron chi connectivity index (χ0n) is 27.4. The van der Waals surface area contributed by atoms with Crippen molar-refractivity contribution < 1.29 is 18.3 Å².